The molecule has 1 aromatic carbocycles. The second-order valence-electron chi connectivity index (χ2n) is 8.25. The van der Waals surface area contributed by atoms with Crippen molar-refractivity contribution in [3.63, 3.8) is 0 Å². The maximum atomic E-state index is 12.9. The van der Waals surface area contributed by atoms with Crippen LogP contribution < -0.4 is 5.32 Å². The number of aryl methyl sites for hydroxylation is 1. The van der Waals surface area contributed by atoms with E-state index in [1.54, 1.807) is 31.3 Å². The number of amides is 1. The summed E-state index contributed by atoms with van der Waals surface area (Å²) in [6.07, 6.45) is 4.68. The molecule has 174 valence electrons. The van der Waals surface area contributed by atoms with Gasteiger partial charge in [-0.25, -0.2) is 8.42 Å². The maximum Gasteiger partial charge on any atom is 0.264 e. The van der Waals surface area contributed by atoms with Crippen LogP contribution in [0.15, 0.2) is 41.6 Å². The number of benzene rings is 1. The number of nitrogens with one attached hydrogen (secondary N) is 1. The molecular weight excluding hydrogens is 475 g/mol. The molecule has 1 N–H and O–H groups in total. The molecule has 2 aliphatic rings. The molecule has 1 saturated heterocycles. The number of hydrogen-bond acceptors (Lipinski definition) is 6. The van der Waals surface area contributed by atoms with E-state index in [2.05, 4.69) is 20.5 Å². The first-order chi connectivity index (χ1) is 15.2. The molecule has 0 bridgehead atoms. The molecule has 2 aromatic rings. The number of carbonyl (C=O) groups is 1. The topological polar surface area (TPSA) is 100 Å². The number of sulfonamides is 1. The van der Waals surface area contributed by atoms with Crippen LogP contribution in [0.1, 0.15) is 36.0 Å². The van der Waals surface area contributed by atoms with Crippen LogP contribution in [0.25, 0.3) is 0 Å². The van der Waals surface area contributed by atoms with Crippen molar-refractivity contribution in [2.24, 2.45) is 7.05 Å². The molecule has 4 rings (SSSR count). The van der Waals surface area contributed by atoms with Gasteiger partial charge in [0.2, 0.25) is 9.48 Å². The average molecular weight is 501 g/mol. The van der Waals surface area contributed by atoms with Crippen LogP contribution in [0.3, 0.4) is 0 Å². The van der Waals surface area contributed by atoms with E-state index in [1.807, 2.05) is 6.07 Å². The van der Waals surface area contributed by atoms with E-state index in [9.17, 15) is 13.2 Å². The first-order valence-corrected chi connectivity index (χ1v) is 12.7. The van der Waals surface area contributed by atoms with Crippen molar-refractivity contribution in [1.82, 2.24) is 29.5 Å². The Morgan fingerprint density at radius 1 is 1.09 bits per heavy atom. The first-order valence-electron chi connectivity index (χ1n) is 10.5. The fourth-order valence-corrected chi connectivity index (χ4v) is 6.77. The fraction of sp³-hybridized carbons (Fsp3) is 0.550. The summed E-state index contributed by atoms with van der Waals surface area (Å²) in [4.78, 5) is 14.9. The number of alkyl halides is 2. The summed E-state index contributed by atoms with van der Waals surface area (Å²) in [7, 11) is -2.10. The predicted octanol–water partition coefficient (Wildman–Crippen LogP) is 2.00. The summed E-state index contributed by atoms with van der Waals surface area (Å²) in [6.45, 7) is 1.44. The molecule has 0 unspecified atom stereocenters. The van der Waals surface area contributed by atoms with Crippen LogP contribution in [-0.2, 0) is 17.1 Å². The number of rotatable bonds is 6. The molecule has 0 spiro atoms. The third-order valence-electron chi connectivity index (χ3n) is 6.35. The number of hydrogen-bond donors (Lipinski definition) is 1. The fourth-order valence-electron chi connectivity index (χ4n) is 4.64. The van der Waals surface area contributed by atoms with Gasteiger partial charge in [-0.3, -0.25) is 14.4 Å². The van der Waals surface area contributed by atoms with Gasteiger partial charge in [-0.15, -0.1) is 5.10 Å². The highest BCUT2D eigenvalue weighted by Gasteiger charge is 2.56. The standard InChI is InChI=1S/C20H26Cl2N6O3S/c1-26-15-17(24-25-26)32(30,31)28-13-11-27(12-14-28)19(9-5-6-10-19)20(21,22)23-18(29)16-7-3-2-4-8-16/h2-4,7-8,15H,5-6,9-14H2,1H3,(H,23,29). The summed E-state index contributed by atoms with van der Waals surface area (Å²) in [5.74, 6) is -0.342. The molecule has 1 saturated carbocycles. The Bertz CT molecular complexity index is 1060. The number of aromatic nitrogens is 3. The van der Waals surface area contributed by atoms with Gasteiger partial charge in [-0.1, -0.05) is 59.5 Å². The lowest BCUT2D eigenvalue weighted by atomic mass is 9.92. The maximum absolute atomic E-state index is 12.9. The largest absolute Gasteiger partial charge is 0.319 e. The number of piperazine rings is 1. The minimum absolute atomic E-state index is 0.0665. The summed E-state index contributed by atoms with van der Waals surface area (Å²) >= 11 is 13.7. The molecule has 0 atom stereocenters. The highest BCUT2D eigenvalue weighted by molar-refractivity contribution is 7.89. The van der Waals surface area contributed by atoms with Crippen molar-refractivity contribution in [2.75, 3.05) is 26.2 Å². The summed E-state index contributed by atoms with van der Waals surface area (Å²) < 4.78 is 27.0. The second-order valence-corrected chi connectivity index (χ2v) is 11.5. The molecule has 32 heavy (non-hydrogen) atoms. The molecule has 9 nitrogen and oxygen atoms in total. The molecule has 0 radical (unpaired) electrons. The van der Waals surface area contributed by atoms with Crippen LogP contribution in [0.5, 0.6) is 0 Å². The van der Waals surface area contributed by atoms with E-state index in [0.717, 1.165) is 12.8 Å². The van der Waals surface area contributed by atoms with Crippen LogP contribution in [-0.4, -0.2) is 74.7 Å². The highest BCUT2D eigenvalue weighted by atomic mass is 35.5. The van der Waals surface area contributed by atoms with Gasteiger partial charge in [-0.2, -0.15) is 4.31 Å². The van der Waals surface area contributed by atoms with Crippen molar-refractivity contribution in [2.45, 2.75) is 40.7 Å². The quantitative estimate of drug-likeness (QED) is 0.480. The van der Waals surface area contributed by atoms with Crippen molar-refractivity contribution >= 4 is 39.1 Å². The lowest BCUT2D eigenvalue weighted by Gasteiger charge is -2.51. The van der Waals surface area contributed by atoms with Crippen LogP contribution >= 0.6 is 23.2 Å². The zero-order valence-electron chi connectivity index (χ0n) is 17.7. The smallest absolute Gasteiger partial charge is 0.264 e. The SMILES string of the molecule is Cn1cc(S(=O)(=O)N2CCN(C3(C(Cl)(Cl)NC(=O)c4ccccc4)CCCC3)CC2)nn1. The lowest BCUT2D eigenvalue weighted by molar-refractivity contribution is 0.0348. The van der Waals surface area contributed by atoms with Gasteiger partial charge in [0.15, 0.2) is 0 Å². The van der Waals surface area contributed by atoms with Gasteiger partial charge in [0, 0.05) is 38.8 Å². The molecule has 1 aliphatic carbocycles. The minimum atomic E-state index is -3.72. The van der Waals surface area contributed by atoms with Gasteiger partial charge < -0.3 is 5.32 Å². The third-order valence-corrected chi connectivity index (χ3v) is 9.00. The van der Waals surface area contributed by atoms with E-state index in [-0.39, 0.29) is 24.0 Å². The van der Waals surface area contributed by atoms with Gasteiger partial charge >= 0.3 is 0 Å². The van der Waals surface area contributed by atoms with Crippen molar-refractivity contribution in [3.8, 4) is 0 Å². The lowest BCUT2D eigenvalue weighted by Crippen LogP contribution is -2.67. The van der Waals surface area contributed by atoms with Crippen LogP contribution in [0, 0.1) is 0 Å². The molecule has 1 amide bonds. The Morgan fingerprint density at radius 2 is 1.72 bits per heavy atom. The van der Waals surface area contributed by atoms with Crippen molar-refractivity contribution in [1.29, 1.82) is 0 Å². The summed E-state index contributed by atoms with van der Waals surface area (Å²) in [5, 5.41) is 10.2. The Hall–Kier alpha value is -1.72. The summed E-state index contributed by atoms with van der Waals surface area (Å²) in [5.41, 5.74) is -0.200. The number of nitrogens with zero attached hydrogens (tertiary/aromatic N) is 5. The van der Waals surface area contributed by atoms with E-state index in [1.165, 1.54) is 15.2 Å². The molecule has 2 heterocycles. The van der Waals surface area contributed by atoms with Crippen molar-refractivity contribution in [3.05, 3.63) is 42.1 Å². The van der Waals surface area contributed by atoms with Crippen LogP contribution in [0.4, 0.5) is 0 Å². The molecule has 1 aromatic heterocycles. The van der Waals surface area contributed by atoms with Gasteiger partial charge in [0.05, 0.1) is 11.7 Å². The Balaban J connectivity index is 1.50. The predicted molar refractivity (Wildman–Crippen MR) is 121 cm³/mol. The number of halogens is 2. The van der Waals surface area contributed by atoms with Crippen LogP contribution in [0.2, 0.25) is 0 Å². The normalized spacial score (nSPS) is 20.3. The van der Waals surface area contributed by atoms with E-state index in [4.69, 9.17) is 23.2 Å². The zero-order valence-corrected chi connectivity index (χ0v) is 20.1. The average Bonchev–Trinajstić information content (AvgIpc) is 3.45. The minimum Gasteiger partial charge on any atom is -0.319 e. The summed E-state index contributed by atoms with van der Waals surface area (Å²) in [6, 6.07) is 8.80. The Kier molecular flexibility index (Phi) is 6.52. The second kappa shape index (κ2) is 8.90. The first kappa shape index (κ1) is 23.4. The van der Waals surface area contributed by atoms with Gasteiger partial charge in [0.25, 0.3) is 15.9 Å². The number of carbonyl (C=O) groups excluding carboxylic acids is 1. The highest BCUT2D eigenvalue weighted by Crippen LogP contribution is 2.48. The molecule has 1 aliphatic heterocycles. The Morgan fingerprint density at radius 3 is 2.28 bits per heavy atom. The monoisotopic (exact) mass is 500 g/mol. The molecular formula is C20H26Cl2N6O3S. The van der Waals surface area contributed by atoms with Gasteiger partial charge in [0.1, 0.15) is 0 Å². The van der Waals surface area contributed by atoms with E-state index >= 15 is 0 Å². The van der Waals surface area contributed by atoms with Crippen molar-refractivity contribution < 1.29 is 13.2 Å². The third kappa shape index (κ3) is 4.26. The molecule has 12 heteroatoms. The van der Waals surface area contributed by atoms with E-state index in [0.29, 0.717) is 31.5 Å². The zero-order chi connectivity index (χ0) is 23.0. The van der Waals surface area contributed by atoms with E-state index < -0.39 is 20.0 Å². The Labute approximate surface area is 197 Å². The van der Waals surface area contributed by atoms with Gasteiger partial charge in [-0.05, 0) is 25.0 Å². The molecule has 2 fully saturated rings.